The van der Waals surface area contributed by atoms with E-state index in [1.165, 1.54) is 26.2 Å². The molecule has 0 saturated heterocycles. The predicted octanol–water partition coefficient (Wildman–Crippen LogP) is 4.56. The van der Waals surface area contributed by atoms with Gasteiger partial charge >= 0.3 is 5.97 Å². The summed E-state index contributed by atoms with van der Waals surface area (Å²) in [6, 6.07) is 11.0. The molecule has 0 fully saturated rings. The van der Waals surface area contributed by atoms with Gasteiger partial charge in [0.05, 0.1) is 12.7 Å². The second-order valence-electron chi connectivity index (χ2n) is 7.09. The molecule has 0 spiro atoms. The average Bonchev–Trinajstić information content (AvgIpc) is 2.60. The topological polar surface area (TPSA) is 52.6 Å². The Kier molecular flexibility index (Phi) is 5.80. The van der Waals surface area contributed by atoms with Crippen LogP contribution in [0.3, 0.4) is 0 Å². The first-order chi connectivity index (χ1) is 12.1. The van der Waals surface area contributed by atoms with E-state index in [1.54, 1.807) is 12.1 Å². The fourth-order valence-corrected chi connectivity index (χ4v) is 2.44. The molecule has 0 aliphatic rings. The maximum Gasteiger partial charge on any atom is 0.338 e. The number of hydrogen-bond acceptors (Lipinski definition) is 4. The van der Waals surface area contributed by atoms with Crippen LogP contribution in [0, 0.1) is 5.82 Å². The molecule has 0 saturated carbocycles. The number of carbonyl (C=O) groups excluding carboxylic acids is 2. The van der Waals surface area contributed by atoms with Crippen molar-refractivity contribution >= 4 is 11.8 Å². The summed E-state index contributed by atoms with van der Waals surface area (Å²) in [7, 11) is 1.34. The lowest BCUT2D eigenvalue weighted by Crippen LogP contribution is -2.24. The van der Waals surface area contributed by atoms with Crippen LogP contribution in [-0.2, 0) is 10.2 Å². The zero-order valence-electron chi connectivity index (χ0n) is 15.6. The van der Waals surface area contributed by atoms with Crippen LogP contribution >= 0.6 is 0 Å². The van der Waals surface area contributed by atoms with E-state index in [0.29, 0.717) is 5.56 Å². The summed E-state index contributed by atoms with van der Waals surface area (Å²) >= 11 is 0. The molecule has 138 valence electrons. The van der Waals surface area contributed by atoms with Crippen molar-refractivity contribution in [3.8, 4) is 5.75 Å². The molecule has 2 aromatic rings. The summed E-state index contributed by atoms with van der Waals surface area (Å²) in [5, 5.41) is 0. The summed E-state index contributed by atoms with van der Waals surface area (Å²) in [4.78, 5) is 24.6. The van der Waals surface area contributed by atoms with E-state index in [9.17, 15) is 14.0 Å². The summed E-state index contributed by atoms with van der Waals surface area (Å²) in [5.74, 6) is -1.71. The second-order valence-corrected chi connectivity index (χ2v) is 7.09. The molecule has 0 radical (unpaired) electrons. The van der Waals surface area contributed by atoms with Gasteiger partial charge in [-0.2, -0.15) is 0 Å². The molecule has 0 bridgehead atoms. The van der Waals surface area contributed by atoms with Gasteiger partial charge in [-0.25, -0.2) is 9.18 Å². The smallest absolute Gasteiger partial charge is 0.338 e. The van der Waals surface area contributed by atoms with Gasteiger partial charge in [-0.1, -0.05) is 45.0 Å². The van der Waals surface area contributed by atoms with Crippen molar-refractivity contribution in [1.82, 2.24) is 0 Å². The van der Waals surface area contributed by atoms with Gasteiger partial charge < -0.3 is 9.47 Å². The van der Waals surface area contributed by atoms with E-state index in [1.807, 2.05) is 12.1 Å². The minimum Gasteiger partial charge on any atom is -0.494 e. The van der Waals surface area contributed by atoms with Crippen molar-refractivity contribution in [3.05, 3.63) is 65.0 Å². The number of ether oxygens (including phenoxy) is 2. The van der Waals surface area contributed by atoms with Crippen LogP contribution in [-0.4, -0.2) is 25.0 Å². The normalized spacial score (nSPS) is 12.4. The summed E-state index contributed by atoms with van der Waals surface area (Å²) in [6.07, 6.45) is -0.979. The standard InChI is InChI=1S/C21H23FO4/c1-13(19(23)14-6-9-16(10-7-14)21(2,3)4)26-20(24)15-8-11-18(25-5)17(22)12-15/h6-13H,1-5H3/t13-/m1/s1. The van der Waals surface area contributed by atoms with E-state index in [2.05, 4.69) is 20.8 Å². The first-order valence-corrected chi connectivity index (χ1v) is 8.32. The highest BCUT2D eigenvalue weighted by molar-refractivity contribution is 6.01. The average molecular weight is 358 g/mol. The van der Waals surface area contributed by atoms with Crippen LogP contribution in [0.5, 0.6) is 5.75 Å². The van der Waals surface area contributed by atoms with E-state index < -0.39 is 17.9 Å². The molecular formula is C21H23FO4. The van der Waals surface area contributed by atoms with Gasteiger partial charge in [0.2, 0.25) is 5.78 Å². The van der Waals surface area contributed by atoms with Crippen LogP contribution in [0.1, 0.15) is 54.0 Å². The number of methoxy groups -OCH3 is 1. The lowest BCUT2D eigenvalue weighted by Gasteiger charge is -2.19. The molecule has 5 heteroatoms. The summed E-state index contributed by atoms with van der Waals surface area (Å²) in [6.45, 7) is 7.75. The van der Waals surface area contributed by atoms with Crippen molar-refractivity contribution in [2.75, 3.05) is 7.11 Å². The first kappa shape index (κ1) is 19.6. The first-order valence-electron chi connectivity index (χ1n) is 8.32. The highest BCUT2D eigenvalue weighted by Crippen LogP contribution is 2.23. The molecule has 4 nitrogen and oxygen atoms in total. The summed E-state index contributed by atoms with van der Waals surface area (Å²) in [5.41, 5.74) is 1.57. The van der Waals surface area contributed by atoms with E-state index in [-0.39, 0.29) is 22.5 Å². The zero-order chi connectivity index (χ0) is 19.5. The molecule has 0 aliphatic heterocycles. The van der Waals surface area contributed by atoms with Gasteiger partial charge in [-0.05, 0) is 36.1 Å². The van der Waals surface area contributed by atoms with E-state index >= 15 is 0 Å². The molecule has 0 N–H and O–H groups in total. The van der Waals surface area contributed by atoms with Crippen molar-refractivity contribution in [3.63, 3.8) is 0 Å². The Morgan fingerprint density at radius 2 is 1.58 bits per heavy atom. The van der Waals surface area contributed by atoms with Gasteiger partial charge in [0.15, 0.2) is 17.7 Å². The van der Waals surface area contributed by atoms with Crippen LogP contribution in [0.4, 0.5) is 4.39 Å². The van der Waals surface area contributed by atoms with E-state index in [4.69, 9.17) is 9.47 Å². The Morgan fingerprint density at radius 1 is 1.00 bits per heavy atom. The Hall–Kier alpha value is -2.69. The van der Waals surface area contributed by atoms with Gasteiger partial charge in [-0.15, -0.1) is 0 Å². The Morgan fingerprint density at radius 3 is 2.08 bits per heavy atom. The second kappa shape index (κ2) is 7.68. The minimum atomic E-state index is -0.979. The quantitative estimate of drug-likeness (QED) is 0.581. The van der Waals surface area contributed by atoms with Crippen molar-refractivity contribution in [1.29, 1.82) is 0 Å². The fourth-order valence-electron chi connectivity index (χ4n) is 2.44. The molecular weight excluding hydrogens is 335 g/mol. The van der Waals surface area contributed by atoms with Gasteiger partial charge in [0.1, 0.15) is 0 Å². The Balaban J connectivity index is 2.08. The van der Waals surface area contributed by atoms with Crippen molar-refractivity contribution in [2.24, 2.45) is 0 Å². The molecule has 1 atom stereocenters. The molecule has 0 aliphatic carbocycles. The third kappa shape index (κ3) is 4.48. The van der Waals surface area contributed by atoms with Gasteiger partial charge in [0.25, 0.3) is 0 Å². The van der Waals surface area contributed by atoms with Gasteiger partial charge in [-0.3, -0.25) is 4.79 Å². The lowest BCUT2D eigenvalue weighted by atomic mass is 9.86. The number of halogens is 1. The largest absolute Gasteiger partial charge is 0.494 e. The Bertz CT molecular complexity index is 804. The highest BCUT2D eigenvalue weighted by atomic mass is 19.1. The molecule has 2 rings (SSSR count). The van der Waals surface area contributed by atoms with Crippen LogP contribution in [0.2, 0.25) is 0 Å². The Labute approximate surface area is 152 Å². The highest BCUT2D eigenvalue weighted by Gasteiger charge is 2.22. The third-order valence-corrected chi connectivity index (χ3v) is 4.08. The minimum absolute atomic E-state index is 0.0158. The van der Waals surface area contributed by atoms with Crippen LogP contribution < -0.4 is 4.74 Å². The number of rotatable bonds is 5. The summed E-state index contributed by atoms with van der Waals surface area (Å²) < 4.78 is 23.7. The SMILES string of the molecule is COc1ccc(C(=O)O[C@H](C)C(=O)c2ccc(C(C)(C)C)cc2)cc1F. The molecule has 0 amide bonds. The number of ketones is 1. The molecule has 2 aromatic carbocycles. The molecule has 0 heterocycles. The monoisotopic (exact) mass is 358 g/mol. The van der Waals surface area contributed by atoms with E-state index in [0.717, 1.165) is 11.6 Å². The number of esters is 1. The lowest BCUT2D eigenvalue weighted by molar-refractivity contribution is 0.0318. The van der Waals surface area contributed by atoms with Gasteiger partial charge in [0, 0.05) is 5.56 Å². The third-order valence-electron chi connectivity index (χ3n) is 4.08. The number of benzene rings is 2. The fraction of sp³-hybridized carbons (Fsp3) is 0.333. The van der Waals surface area contributed by atoms with Crippen molar-refractivity contribution in [2.45, 2.75) is 39.2 Å². The van der Waals surface area contributed by atoms with Crippen LogP contribution in [0.25, 0.3) is 0 Å². The van der Waals surface area contributed by atoms with Crippen LogP contribution in [0.15, 0.2) is 42.5 Å². The number of hydrogen-bond donors (Lipinski definition) is 0. The number of carbonyl (C=O) groups is 2. The maximum atomic E-state index is 13.7. The van der Waals surface area contributed by atoms with Crippen molar-refractivity contribution < 1.29 is 23.5 Å². The molecule has 0 aromatic heterocycles. The molecule has 26 heavy (non-hydrogen) atoms. The number of Topliss-reactive ketones (excluding diaryl/α,β-unsaturated/α-hetero) is 1. The molecule has 0 unspecified atom stereocenters. The zero-order valence-corrected chi connectivity index (χ0v) is 15.6. The predicted molar refractivity (Wildman–Crippen MR) is 97.3 cm³/mol. The maximum absolute atomic E-state index is 13.7.